The SMILES string of the molecule is O=C(O)c1cc2cc3ccsc3cc2s1. The van der Waals surface area contributed by atoms with Gasteiger partial charge in [0.05, 0.1) is 0 Å². The van der Waals surface area contributed by atoms with Crippen LogP contribution >= 0.6 is 22.7 Å². The van der Waals surface area contributed by atoms with E-state index in [9.17, 15) is 4.79 Å². The second-order valence-corrected chi connectivity index (χ2v) is 5.30. The summed E-state index contributed by atoms with van der Waals surface area (Å²) in [6.45, 7) is 0. The van der Waals surface area contributed by atoms with Crippen LogP contribution in [0.15, 0.2) is 29.6 Å². The molecule has 3 aromatic rings. The zero-order chi connectivity index (χ0) is 10.4. The van der Waals surface area contributed by atoms with Gasteiger partial charge in [0.15, 0.2) is 0 Å². The molecule has 0 bridgehead atoms. The van der Waals surface area contributed by atoms with Crippen LogP contribution in [0, 0.1) is 0 Å². The number of carboxylic acids is 1. The predicted octanol–water partition coefficient (Wildman–Crippen LogP) is 3.81. The molecule has 0 saturated carbocycles. The molecule has 1 aromatic carbocycles. The average molecular weight is 234 g/mol. The zero-order valence-corrected chi connectivity index (χ0v) is 9.19. The Bertz CT molecular complexity index is 615. The first-order valence-corrected chi connectivity index (χ1v) is 6.08. The van der Waals surface area contributed by atoms with Crippen LogP contribution in [-0.4, -0.2) is 11.1 Å². The summed E-state index contributed by atoms with van der Waals surface area (Å²) in [7, 11) is 0. The van der Waals surface area contributed by atoms with Crippen molar-refractivity contribution in [2.24, 2.45) is 0 Å². The number of fused-ring (bicyclic) bond motifs is 2. The number of hydrogen-bond acceptors (Lipinski definition) is 3. The van der Waals surface area contributed by atoms with Gasteiger partial charge < -0.3 is 5.11 Å². The summed E-state index contributed by atoms with van der Waals surface area (Å²) in [5.41, 5.74) is 0. The lowest BCUT2D eigenvalue weighted by Crippen LogP contribution is -1.89. The molecule has 0 amide bonds. The van der Waals surface area contributed by atoms with E-state index in [4.69, 9.17) is 5.11 Å². The number of benzene rings is 1. The lowest BCUT2D eigenvalue weighted by atomic mass is 10.2. The Hall–Kier alpha value is -1.39. The molecule has 4 heteroatoms. The van der Waals surface area contributed by atoms with Gasteiger partial charge in [-0.1, -0.05) is 0 Å². The third kappa shape index (κ3) is 1.33. The Labute approximate surface area is 93.4 Å². The Morgan fingerprint density at radius 2 is 2.00 bits per heavy atom. The van der Waals surface area contributed by atoms with Gasteiger partial charge in [-0.05, 0) is 40.4 Å². The molecular weight excluding hydrogens is 228 g/mol. The molecule has 3 rings (SSSR count). The van der Waals surface area contributed by atoms with Crippen LogP contribution in [0.25, 0.3) is 20.2 Å². The van der Waals surface area contributed by atoms with Gasteiger partial charge in [0.1, 0.15) is 4.88 Å². The molecular formula is C11H6O2S2. The van der Waals surface area contributed by atoms with Gasteiger partial charge in [-0.3, -0.25) is 0 Å². The van der Waals surface area contributed by atoms with Gasteiger partial charge in [-0.25, -0.2) is 4.79 Å². The minimum atomic E-state index is -0.848. The van der Waals surface area contributed by atoms with E-state index in [1.165, 1.54) is 21.4 Å². The Morgan fingerprint density at radius 1 is 1.13 bits per heavy atom. The summed E-state index contributed by atoms with van der Waals surface area (Å²) in [5, 5.41) is 13.1. The summed E-state index contributed by atoms with van der Waals surface area (Å²) in [6, 6.07) is 7.90. The standard InChI is InChI=1S/C11H6O2S2/c12-11(13)10-4-7-3-6-1-2-14-8(6)5-9(7)15-10/h1-5H,(H,12,13). The highest BCUT2D eigenvalue weighted by atomic mass is 32.1. The monoisotopic (exact) mass is 234 g/mol. The van der Waals surface area contributed by atoms with Gasteiger partial charge >= 0.3 is 5.97 Å². The van der Waals surface area contributed by atoms with Gasteiger partial charge in [0, 0.05) is 9.40 Å². The second-order valence-electron chi connectivity index (χ2n) is 3.26. The Kier molecular flexibility index (Phi) is 1.81. The van der Waals surface area contributed by atoms with Crippen LogP contribution in [0.3, 0.4) is 0 Å². The van der Waals surface area contributed by atoms with E-state index in [2.05, 4.69) is 12.1 Å². The van der Waals surface area contributed by atoms with E-state index in [-0.39, 0.29) is 0 Å². The Balaban J connectivity index is 2.38. The topological polar surface area (TPSA) is 37.3 Å². The lowest BCUT2D eigenvalue weighted by molar-refractivity contribution is 0.0702. The quantitative estimate of drug-likeness (QED) is 0.695. The molecule has 74 valence electrons. The van der Waals surface area contributed by atoms with E-state index >= 15 is 0 Å². The number of rotatable bonds is 1. The minimum absolute atomic E-state index is 0.405. The number of thiophene rings is 2. The zero-order valence-electron chi connectivity index (χ0n) is 7.56. The molecule has 0 fully saturated rings. The summed E-state index contributed by atoms with van der Waals surface area (Å²) in [4.78, 5) is 11.2. The van der Waals surface area contributed by atoms with Crippen molar-refractivity contribution >= 4 is 48.8 Å². The van der Waals surface area contributed by atoms with E-state index in [1.54, 1.807) is 17.4 Å². The maximum Gasteiger partial charge on any atom is 0.345 e. The first-order chi connectivity index (χ1) is 7.24. The minimum Gasteiger partial charge on any atom is -0.477 e. The molecule has 1 N–H and O–H groups in total. The Morgan fingerprint density at radius 3 is 2.80 bits per heavy atom. The van der Waals surface area contributed by atoms with Crippen LogP contribution in [0.4, 0.5) is 0 Å². The molecule has 2 heterocycles. The van der Waals surface area contributed by atoms with Crippen LogP contribution in [-0.2, 0) is 0 Å². The maximum absolute atomic E-state index is 10.8. The summed E-state index contributed by atoms with van der Waals surface area (Å²) in [5.74, 6) is -0.848. The lowest BCUT2D eigenvalue weighted by Gasteiger charge is -1.89. The first kappa shape index (κ1) is 8.88. The van der Waals surface area contributed by atoms with Crippen LogP contribution in [0.5, 0.6) is 0 Å². The average Bonchev–Trinajstić information content (AvgIpc) is 2.77. The molecule has 0 aliphatic heterocycles. The van der Waals surface area contributed by atoms with Gasteiger partial charge in [0.2, 0.25) is 0 Å². The molecule has 0 aliphatic rings. The highest BCUT2D eigenvalue weighted by molar-refractivity contribution is 7.21. The molecule has 0 saturated heterocycles. The van der Waals surface area contributed by atoms with E-state index in [1.807, 2.05) is 11.4 Å². The molecule has 15 heavy (non-hydrogen) atoms. The number of carboxylic acid groups (broad SMARTS) is 1. The number of carbonyl (C=O) groups is 1. The molecule has 0 atom stereocenters. The third-order valence-electron chi connectivity index (χ3n) is 2.30. The second kappa shape index (κ2) is 3.05. The molecule has 0 radical (unpaired) electrons. The molecule has 2 aromatic heterocycles. The molecule has 0 unspecified atom stereocenters. The van der Waals surface area contributed by atoms with Crippen LogP contribution < -0.4 is 0 Å². The summed E-state index contributed by atoms with van der Waals surface area (Å²) < 4.78 is 2.25. The third-order valence-corrected chi connectivity index (χ3v) is 4.27. The fourth-order valence-corrected chi connectivity index (χ4v) is 3.41. The largest absolute Gasteiger partial charge is 0.477 e. The normalized spacial score (nSPS) is 11.2. The van der Waals surface area contributed by atoms with E-state index < -0.39 is 5.97 Å². The molecule has 0 spiro atoms. The van der Waals surface area contributed by atoms with E-state index in [0.717, 1.165) is 10.1 Å². The van der Waals surface area contributed by atoms with Gasteiger partial charge in [0.25, 0.3) is 0 Å². The molecule has 2 nitrogen and oxygen atoms in total. The summed E-state index contributed by atoms with van der Waals surface area (Å²) >= 11 is 3.01. The predicted molar refractivity (Wildman–Crippen MR) is 64.2 cm³/mol. The van der Waals surface area contributed by atoms with Crippen molar-refractivity contribution in [3.8, 4) is 0 Å². The summed E-state index contributed by atoms with van der Waals surface area (Å²) in [6.07, 6.45) is 0. The van der Waals surface area contributed by atoms with Crippen molar-refractivity contribution in [3.63, 3.8) is 0 Å². The van der Waals surface area contributed by atoms with Gasteiger partial charge in [-0.2, -0.15) is 0 Å². The number of aromatic carboxylic acids is 1. The van der Waals surface area contributed by atoms with Crippen molar-refractivity contribution < 1.29 is 9.90 Å². The molecule has 0 aliphatic carbocycles. The highest BCUT2D eigenvalue weighted by Crippen LogP contribution is 2.32. The fourth-order valence-electron chi connectivity index (χ4n) is 1.60. The van der Waals surface area contributed by atoms with Crippen molar-refractivity contribution in [1.82, 2.24) is 0 Å². The highest BCUT2D eigenvalue weighted by Gasteiger charge is 2.09. The van der Waals surface area contributed by atoms with Crippen molar-refractivity contribution in [3.05, 3.63) is 34.5 Å². The maximum atomic E-state index is 10.8. The smallest absolute Gasteiger partial charge is 0.345 e. The van der Waals surface area contributed by atoms with Crippen molar-refractivity contribution in [2.75, 3.05) is 0 Å². The van der Waals surface area contributed by atoms with Crippen molar-refractivity contribution in [1.29, 1.82) is 0 Å². The fraction of sp³-hybridized carbons (Fsp3) is 0. The van der Waals surface area contributed by atoms with Crippen molar-refractivity contribution in [2.45, 2.75) is 0 Å². The number of hydrogen-bond donors (Lipinski definition) is 1. The van der Waals surface area contributed by atoms with Crippen LogP contribution in [0.2, 0.25) is 0 Å². The first-order valence-electron chi connectivity index (χ1n) is 4.38. The van der Waals surface area contributed by atoms with E-state index in [0.29, 0.717) is 4.88 Å². The van der Waals surface area contributed by atoms with Gasteiger partial charge in [-0.15, -0.1) is 22.7 Å². The van der Waals surface area contributed by atoms with Crippen LogP contribution in [0.1, 0.15) is 9.67 Å².